The van der Waals surface area contributed by atoms with Crippen LogP contribution in [0.5, 0.6) is 0 Å². The molecule has 1 aliphatic heterocycles. The molecule has 1 saturated heterocycles. The smallest absolute Gasteiger partial charge is 0.274 e. The standard InChI is InChI=1S/C23H22N6O/c1-17-15-21(22(30)26-20-10-6-5-7-18(20)16-24)27-23(25-17)29-13-11-28(12-14-29)19-8-3-2-4-9-19/h2-10,15H,11-14H2,1H3,(H,26,30). The van der Waals surface area contributed by atoms with Crippen LogP contribution in [0.3, 0.4) is 0 Å². The summed E-state index contributed by atoms with van der Waals surface area (Å²) in [6, 6.07) is 21.0. The Hall–Kier alpha value is -3.92. The van der Waals surface area contributed by atoms with Crippen molar-refractivity contribution < 1.29 is 4.79 Å². The molecule has 30 heavy (non-hydrogen) atoms. The van der Waals surface area contributed by atoms with Crippen molar-refractivity contribution in [3.63, 3.8) is 0 Å². The topological polar surface area (TPSA) is 85.1 Å². The van der Waals surface area contributed by atoms with Crippen molar-refractivity contribution in [1.82, 2.24) is 9.97 Å². The van der Waals surface area contributed by atoms with Gasteiger partial charge in [-0.2, -0.15) is 5.26 Å². The predicted molar refractivity (Wildman–Crippen MR) is 117 cm³/mol. The number of benzene rings is 2. The van der Waals surface area contributed by atoms with E-state index in [9.17, 15) is 10.1 Å². The summed E-state index contributed by atoms with van der Waals surface area (Å²) in [5.41, 5.74) is 3.10. The molecule has 2 heterocycles. The quantitative estimate of drug-likeness (QED) is 0.726. The van der Waals surface area contributed by atoms with Gasteiger partial charge in [0.15, 0.2) is 0 Å². The first-order chi connectivity index (χ1) is 14.6. The largest absolute Gasteiger partial charge is 0.368 e. The normalized spacial score (nSPS) is 13.6. The van der Waals surface area contributed by atoms with Gasteiger partial charge in [0.25, 0.3) is 5.91 Å². The molecular formula is C23H22N6O. The van der Waals surface area contributed by atoms with Gasteiger partial charge in [0, 0.05) is 37.6 Å². The summed E-state index contributed by atoms with van der Waals surface area (Å²) in [6.45, 7) is 5.12. The Bertz CT molecular complexity index is 1080. The van der Waals surface area contributed by atoms with E-state index in [1.807, 2.05) is 25.1 Å². The van der Waals surface area contributed by atoms with E-state index in [-0.39, 0.29) is 11.6 Å². The molecule has 0 bridgehead atoms. The Kier molecular flexibility index (Phi) is 5.57. The zero-order valence-electron chi connectivity index (χ0n) is 16.7. The van der Waals surface area contributed by atoms with Gasteiger partial charge < -0.3 is 15.1 Å². The van der Waals surface area contributed by atoms with Crippen molar-refractivity contribution >= 4 is 23.2 Å². The average Bonchev–Trinajstić information content (AvgIpc) is 2.79. The Balaban J connectivity index is 1.48. The van der Waals surface area contributed by atoms with E-state index in [4.69, 9.17) is 0 Å². The summed E-state index contributed by atoms with van der Waals surface area (Å²) in [7, 11) is 0. The van der Waals surface area contributed by atoms with Crippen molar-refractivity contribution in [3.8, 4) is 6.07 Å². The number of rotatable bonds is 4. The van der Waals surface area contributed by atoms with E-state index in [0.29, 0.717) is 17.2 Å². The molecule has 1 amide bonds. The molecule has 150 valence electrons. The van der Waals surface area contributed by atoms with Crippen molar-refractivity contribution in [1.29, 1.82) is 5.26 Å². The fourth-order valence-electron chi connectivity index (χ4n) is 3.49. The molecule has 4 rings (SSSR count). The zero-order chi connectivity index (χ0) is 20.9. The number of aromatic nitrogens is 2. The van der Waals surface area contributed by atoms with Crippen LogP contribution in [0.1, 0.15) is 21.7 Å². The minimum atomic E-state index is -0.354. The summed E-state index contributed by atoms with van der Waals surface area (Å²) in [6.07, 6.45) is 0. The number of carbonyl (C=O) groups excluding carboxylic acids is 1. The molecule has 0 atom stereocenters. The number of nitriles is 1. The van der Waals surface area contributed by atoms with Gasteiger partial charge in [-0.3, -0.25) is 4.79 Å². The second kappa shape index (κ2) is 8.62. The van der Waals surface area contributed by atoms with Gasteiger partial charge in [-0.15, -0.1) is 0 Å². The van der Waals surface area contributed by atoms with Gasteiger partial charge in [0.05, 0.1) is 11.3 Å². The maximum absolute atomic E-state index is 12.8. The molecule has 1 aliphatic rings. The first-order valence-electron chi connectivity index (χ1n) is 9.85. The van der Waals surface area contributed by atoms with Gasteiger partial charge in [-0.05, 0) is 37.3 Å². The lowest BCUT2D eigenvalue weighted by atomic mass is 10.2. The molecule has 0 spiro atoms. The van der Waals surface area contributed by atoms with Gasteiger partial charge in [0.1, 0.15) is 11.8 Å². The Labute approximate surface area is 175 Å². The highest BCUT2D eigenvalue weighted by molar-refractivity contribution is 6.03. The molecule has 1 aromatic heterocycles. The van der Waals surface area contributed by atoms with Crippen LogP contribution < -0.4 is 15.1 Å². The molecule has 2 aromatic carbocycles. The number of para-hydroxylation sites is 2. The van der Waals surface area contributed by atoms with E-state index < -0.39 is 0 Å². The Morgan fingerprint density at radius 2 is 1.63 bits per heavy atom. The number of anilines is 3. The van der Waals surface area contributed by atoms with Gasteiger partial charge >= 0.3 is 0 Å². The zero-order valence-corrected chi connectivity index (χ0v) is 16.7. The van der Waals surface area contributed by atoms with E-state index in [1.165, 1.54) is 5.69 Å². The first kappa shape index (κ1) is 19.4. The van der Waals surface area contributed by atoms with Gasteiger partial charge in [-0.25, -0.2) is 9.97 Å². The van der Waals surface area contributed by atoms with E-state index >= 15 is 0 Å². The lowest BCUT2D eigenvalue weighted by Gasteiger charge is -2.36. The number of hydrogen-bond acceptors (Lipinski definition) is 6. The molecule has 0 unspecified atom stereocenters. The lowest BCUT2D eigenvalue weighted by Crippen LogP contribution is -2.47. The lowest BCUT2D eigenvalue weighted by molar-refractivity contribution is 0.102. The number of aryl methyl sites for hydroxylation is 1. The number of piperazine rings is 1. The SMILES string of the molecule is Cc1cc(C(=O)Nc2ccccc2C#N)nc(N2CCN(c3ccccc3)CC2)n1. The second-order valence-corrected chi connectivity index (χ2v) is 7.12. The van der Waals surface area contributed by atoms with Crippen LogP contribution in [0.15, 0.2) is 60.7 Å². The number of amides is 1. The number of carbonyl (C=O) groups is 1. The fraction of sp³-hybridized carbons (Fsp3) is 0.217. The number of nitrogens with one attached hydrogen (secondary N) is 1. The van der Waals surface area contributed by atoms with Crippen molar-refractivity contribution in [2.24, 2.45) is 0 Å². The van der Waals surface area contributed by atoms with Gasteiger partial charge in [0.2, 0.25) is 5.95 Å². The number of nitrogens with zero attached hydrogens (tertiary/aromatic N) is 5. The summed E-state index contributed by atoms with van der Waals surface area (Å²) in [4.78, 5) is 26.3. The molecular weight excluding hydrogens is 376 g/mol. The summed E-state index contributed by atoms with van der Waals surface area (Å²) < 4.78 is 0. The third kappa shape index (κ3) is 4.23. The maximum atomic E-state index is 12.8. The molecule has 0 saturated carbocycles. The van der Waals surface area contributed by atoms with Crippen LogP contribution in [0.2, 0.25) is 0 Å². The molecule has 0 radical (unpaired) electrons. The molecule has 0 aliphatic carbocycles. The van der Waals surface area contributed by atoms with Crippen molar-refractivity contribution in [2.45, 2.75) is 6.92 Å². The summed E-state index contributed by atoms with van der Waals surface area (Å²) in [5, 5.41) is 12.0. The third-order valence-corrected chi connectivity index (χ3v) is 5.05. The number of hydrogen-bond donors (Lipinski definition) is 1. The molecule has 3 aromatic rings. The van der Waals surface area contributed by atoms with Crippen LogP contribution >= 0.6 is 0 Å². The maximum Gasteiger partial charge on any atom is 0.274 e. The van der Waals surface area contributed by atoms with E-state index in [1.54, 1.807) is 30.3 Å². The predicted octanol–water partition coefficient (Wildman–Crippen LogP) is 3.24. The average molecular weight is 398 g/mol. The highest BCUT2D eigenvalue weighted by atomic mass is 16.1. The highest BCUT2D eigenvalue weighted by Gasteiger charge is 2.21. The second-order valence-electron chi connectivity index (χ2n) is 7.12. The summed E-state index contributed by atoms with van der Waals surface area (Å²) in [5.74, 6) is 0.203. The Morgan fingerprint density at radius 3 is 2.37 bits per heavy atom. The molecule has 7 heteroatoms. The molecule has 1 N–H and O–H groups in total. The van der Waals surface area contributed by atoms with Gasteiger partial charge in [-0.1, -0.05) is 30.3 Å². The minimum absolute atomic E-state index is 0.288. The third-order valence-electron chi connectivity index (χ3n) is 5.05. The van der Waals surface area contributed by atoms with E-state index in [0.717, 1.165) is 31.9 Å². The Morgan fingerprint density at radius 1 is 0.967 bits per heavy atom. The van der Waals surface area contributed by atoms with Crippen LogP contribution in [0, 0.1) is 18.3 Å². The van der Waals surface area contributed by atoms with Crippen LogP contribution in [-0.2, 0) is 0 Å². The molecule has 1 fully saturated rings. The fourth-order valence-corrected chi connectivity index (χ4v) is 3.49. The highest BCUT2D eigenvalue weighted by Crippen LogP contribution is 2.19. The van der Waals surface area contributed by atoms with Crippen LogP contribution in [0.25, 0.3) is 0 Å². The first-order valence-corrected chi connectivity index (χ1v) is 9.85. The molecule has 7 nitrogen and oxygen atoms in total. The van der Waals surface area contributed by atoms with E-state index in [2.05, 4.69) is 43.3 Å². The summed E-state index contributed by atoms with van der Waals surface area (Å²) >= 11 is 0. The minimum Gasteiger partial charge on any atom is -0.368 e. The van der Waals surface area contributed by atoms with Crippen molar-refractivity contribution in [3.05, 3.63) is 77.6 Å². The van der Waals surface area contributed by atoms with Crippen molar-refractivity contribution in [2.75, 3.05) is 41.3 Å². The van der Waals surface area contributed by atoms with Crippen LogP contribution in [-0.4, -0.2) is 42.1 Å². The monoisotopic (exact) mass is 398 g/mol. The van der Waals surface area contributed by atoms with Crippen LogP contribution in [0.4, 0.5) is 17.3 Å².